The second-order valence-electron chi connectivity index (χ2n) is 5.95. The lowest BCUT2D eigenvalue weighted by Gasteiger charge is -2.22. The molecule has 0 radical (unpaired) electrons. The minimum absolute atomic E-state index is 0.179. The highest BCUT2D eigenvalue weighted by atomic mass is 35.5. The Kier molecular flexibility index (Phi) is 6.92. The fourth-order valence-corrected chi connectivity index (χ4v) is 3.64. The van der Waals surface area contributed by atoms with Crippen LogP contribution in [0.25, 0.3) is 0 Å². The van der Waals surface area contributed by atoms with Crippen LogP contribution in [0.3, 0.4) is 0 Å². The number of rotatable bonds is 7. The minimum Gasteiger partial charge on any atom is -0.326 e. The highest BCUT2D eigenvalue weighted by Crippen LogP contribution is 2.25. The number of anilines is 2. The zero-order chi connectivity index (χ0) is 19.3. The fraction of sp³-hybridized carbons (Fsp3) is 0.278. The summed E-state index contributed by atoms with van der Waals surface area (Å²) in [5.74, 6) is -0.222. The van der Waals surface area contributed by atoms with Gasteiger partial charge in [-0.15, -0.1) is 0 Å². The molecule has 1 amide bonds. The van der Waals surface area contributed by atoms with Crippen LogP contribution in [0.1, 0.15) is 18.4 Å². The molecule has 0 aliphatic rings. The van der Waals surface area contributed by atoms with E-state index < -0.39 is 10.0 Å². The van der Waals surface area contributed by atoms with Gasteiger partial charge in [0.2, 0.25) is 15.9 Å². The summed E-state index contributed by atoms with van der Waals surface area (Å²) in [6.45, 7) is 2.15. The van der Waals surface area contributed by atoms with Gasteiger partial charge >= 0.3 is 0 Å². The fourth-order valence-electron chi connectivity index (χ4n) is 2.38. The summed E-state index contributed by atoms with van der Waals surface area (Å²) in [5, 5.41) is 3.48. The van der Waals surface area contributed by atoms with Crippen LogP contribution in [0, 0.1) is 6.92 Å². The number of aryl methyl sites for hydroxylation is 1. The Hall–Kier alpha value is -1.76. The Bertz CT molecular complexity index is 884. The molecule has 0 aliphatic carbocycles. The molecule has 0 saturated heterocycles. The van der Waals surface area contributed by atoms with Gasteiger partial charge in [-0.1, -0.05) is 40.9 Å². The van der Waals surface area contributed by atoms with Crippen molar-refractivity contribution in [1.82, 2.24) is 0 Å². The Morgan fingerprint density at radius 1 is 1.08 bits per heavy atom. The van der Waals surface area contributed by atoms with E-state index in [1.54, 1.807) is 30.3 Å². The lowest BCUT2D eigenvalue weighted by Crippen LogP contribution is -2.31. The van der Waals surface area contributed by atoms with Crippen LogP contribution in [0.2, 0.25) is 10.0 Å². The molecule has 0 aliphatic heterocycles. The summed E-state index contributed by atoms with van der Waals surface area (Å²) >= 11 is 11.8. The predicted molar refractivity (Wildman–Crippen MR) is 108 cm³/mol. The number of hydrogen-bond donors (Lipinski definition) is 1. The first kappa shape index (κ1) is 20.6. The summed E-state index contributed by atoms with van der Waals surface area (Å²) in [5.41, 5.74) is 2.18. The largest absolute Gasteiger partial charge is 0.326 e. The standard InChI is InChI=1S/C18H20Cl2N2O3S/c1-13-5-8-15(9-6-13)22(26(2,24)25)11-3-4-18(23)21-14-7-10-16(19)17(20)12-14/h5-10,12H,3-4,11H2,1-2H3,(H,21,23). The summed E-state index contributed by atoms with van der Waals surface area (Å²) in [6, 6.07) is 12.0. The molecule has 0 heterocycles. The molecule has 2 aromatic carbocycles. The van der Waals surface area contributed by atoms with E-state index in [9.17, 15) is 13.2 Å². The number of carbonyl (C=O) groups excluding carboxylic acids is 1. The molecule has 0 atom stereocenters. The molecular formula is C18H20Cl2N2O3S. The second-order valence-corrected chi connectivity index (χ2v) is 8.67. The van der Waals surface area contributed by atoms with Crippen molar-refractivity contribution in [1.29, 1.82) is 0 Å². The van der Waals surface area contributed by atoms with Crippen molar-refractivity contribution in [3.63, 3.8) is 0 Å². The number of sulfonamides is 1. The van der Waals surface area contributed by atoms with Crippen molar-refractivity contribution in [3.8, 4) is 0 Å². The quantitative estimate of drug-likeness (QED) is 0.725. The molecule has 26 heavy (non-hydrogen) atoms. The van der Waals surface area contributed by atoms with Gasteiger partial charge in [0.05, 0.1) is 22.0 Å². The van der Waals surface area contributed by atoms with Gasteiger partial charge in [0.25, 0.3) is 0 Å². The molecule has 0 aromatic heterocycles. The number of amides is 1. The molecule has 0 unspecified atom stereocenters. The monoisotopic (exact) mass is 414 g/mol. The first-order valence-corrected chi connectivity index (χ1v) is 10.6. The molecule has 2 rings (SSSR count). The van der Waals surface area contributed by atoms with Crippen LogP contribution in [0.15, 0.2) is 42.5 Å². The summed E-state index contributed by atoms with van der Waals surface area (Å²) in [4.78, 5) is 12.1. The van der Waals surface area contributed by atoms with E-state index in [1.807, 2.05) is 19.1 Å². The zero-order valence-corrected chi connectivity index (χ0v) is 16.8. The Morgan fingerprint density at radius 3 is 2.31 bits per heavy atom. The van der Waals surface area contributed by atoms with Crippen molar-refractivity contribution in [2.24, 2.45) is 0 Å². The van der Waals surface area contributed by atoms with Gasteiger partial charge in [-0.25, -0.2) is 8.42 Å². The Morgan fingerprint density at radius 2 is 1.73 bits per heavy atom. The van der Waals surface area contributed by atoms with Crippen LogP contribution >= 0.6 is 23.2 Å². The molecule has 0 saturated carbocycles. The van der Waals surface area contributed by atoms with Gasteiger partial charge in [0.1, 0.15) is 0 Å². The van der Waals surface area contributed by atoms with Crippen LogP contribution in [-0.2, 0) is 14.8 Å². The van der Waals surface area contributed by atoms with Crippen LogP contribution in [-0.4, -0.2) is 27.1 Å². The normalized spacial score (nSPS) is 11.2. The summed E-state index contributed by atoms with van der Waals surface area (Å²) in [6.07, 6.45) is 1.72. The first-order valence-electron chi connectivity index (χ1n) is 7.96. The number of benzene rings is 2. The zero-order valence-electron chi connectivity index (χ0n) is 14.5. The number of nitrogens with one attached hydrogen (secondary N) is 1. The van der Waals surface area contributed by atoms with Gasteiger partial charge < -0.3 is 5.32 Å². The van der Waals surface area contributed by atoms with Crippen LogP contribution in [0.4, 0.5) is 11.4 Å². The van der Waals surface area contributed by atoms with E-state index in [4.69, 9.17) is 23.2 Å². The van der Waals surface area contributed by atoms with Gasteiger partial charge in [-0.2, -0.15) is 0 Å². The maximum atomic E-state index is 12.1. The molecular weight excluding hydrogens is 395 g/mol. The third-order valence-corrected chi connectivity index (χ3v) is 5.62. The van der Waals surface area contributed by atoms with E-state index in [2.05, 4.69) is 5.32 Å². The van der Waals surface area contributed by atoms with Gasteiger partial charge in [0.15, 0.2) is 0 Å². The predicted octanol–water partition coefficient (Wildman–Crippen LogP) is 4.49. The summed E-state index contributed by atoms with van der Waals surface area (Å²) < 4.78 is 25.4. The molecule has 0 spiro atoms. The van der Waals surface area contributed by atoms with Crippen LogP contribution < -0.4 is 9.62 Å². The third-order valence-electron chi connectivity index (χ3n) is 3.69. The van der Waals surface area contributed by atoms with Gasteiger partial charge in [-0.05, 0) is 43.7 Å². The number of halogens is 2. The molecule has 5 nitrogen and oxygen atoms in total. The molecule has 1 N–H and O–H groups in total. The van der Waals surface area contributed by atoms with E-state index >= 15 is 0 Å². The van der Waals surface area contributed by atoms with Crippen LogP contribution in [0.5, 0.6) is 0 Å². The second kappa shape index (κ2) is 8.75. The minimum atomic E-state index is -3.43. The van der Waals surface area contributed by atoms with Gasteiger partial charge in [-0.3, -0.25) is 9.10 Å². The van der Waals surface area contributed by atoms with Crippen molar-refractivity contribution >= 4 is 50.5 Å². The highest BCUT2D eigenvalue weighted by molar-refractivity contribution is 7.92. The number of hydrogen-bond acceptors (Lipinski definition) is 3. The van der Waals surface area contributed by atoms with E-state index in [-0.39, 0.29) is 18.9 Å². The molecule has 8 heteroatoms. The number of nitrogens with zero attached hydrogens (tertiary/aromatic N) is 1. The maximum absolute atomic E-state index is 12.1. The first-order chi connectivity index (χ1) is 12.2. The smallest absolute Gasteiger partial charge is 0.232 e. The maximum Gasteiger partial charge on any atom is 0.232 e. The van der Waals surface area contributed by atoms with E-state index in [0.717, 1.165) is 11.8 Å². The third kappa shape index (κ3) is 5.90. The summed E-state index contributed by atoms with van der Waals surface area (Å²) in [7, 11) is -3.43. The lowest BCUT2D eigenvalue weighted by atomic mass is 10.2. The van der Waals surface area contributed by atoms with Crippen molar-refractivity contribution in [2.45, 2.75) is 19.8 Å². The SMILES string of the molecule is Cc1ccc(N(CCCC(=O)Nc2ccc(Cl)c(Cl)c2)S(C)(=O)=O)cc1. The van der Waals surface area contributed by atoms with Crippen molar-refractivity contribution < 1.29 is 13.2 Å². The molecule has 0 fully saturated rings. The van der Waals surface area contributed by atoms with Gasteiger partial charge in [0, 0.05) is 18.7 Å². The Balaban J connectivity index is 1.95. The lowest BCUT2D eigenvalue weighted by molar-refractivity contribution is -0.116. The van der Waals surface area contributed by atoms with Crippen molar-refractivity contribution in [3.05, 3.63) is 58.1 Å². The van der Waals surface area contributed by atoms with E-state index in [1.165, 1.54) is 4.31 Å². The molecule has 0 bridgehead atoms. The molecule has 140 valence electrons. The number of carbonyl (C=O) groups is 1. The highest BCUT2D eigenvalue weighted by Gasteiger charge is 2.17. The topological polar surface area (TPSA) is 66.5 Å². The van der Waals surface area contributed by atoms with Crippen molar-refractivity contribution in [2.75, 3.05) is 22.4 Å². The Labute approximate surface area is 164 Å². The average Bonchev–Trinajstić information content (AvgIpc) is 2.55. The molecule has 2 aromatic rings. The average molecular weight is 415 g/mol. The van der Waals surface area contributed by atoms with E-state index in [0.29, 0.717) is 27.8 Å².